The third kappa shape index (κ3) is 4.20. The molecule has 1 aromatic rings. The summed E-state index contributed by atoms with van der Waals surface area (Å²) in [5.41, 5.74) is -0.422. The molecule has 1 aromatic carbocycles. The van der Waals surface area contributed by atoms with Crippen LogP contribution in [0.5, 0.6) is 5.75 Å². The van der Waals surface area contributed by atoms with E-state index >= 15 is 0 Å². The predicted molar refractivity (Wildman–Crippen MR) is 68.7 cm³/mol. The lowest BCUT2D eigenvalue weighted by Crippen LogP contribution is -2.48. The van der Waals surface area contributed by atoms with Crippen molar-refractivity contribution in [2.45, 2.75) is 24.4 Å². The van der Waals surface area contributed by atoms with E-state index in [4.69, 9.17) is 9.84 Å². The normalized spacial score (nSPS) is 16.6. The van der Waals surface area contributed by atoms with Crippen molar-refractivity contribution in [2.24, 2.45) is 0 Å². The molecular formula is C12H15NO8. The van der Waals surface area contributed by atoms with E-state index in [1.807, 2.05) is 0 Å². The summed E-state index contributed by atoms with van der Waals surface area (Å²) in [5.74, 6) is -0.274. The molecule has 0 spiro atoms. The summed E-state index contributed by atoms with van der Waals surface area (Å²) < 4.78 is 5.02. The lowest BCUT2D eigenvalue weighted by Gasteiger charge is -2.25. The zero-order valence-corrected chi connectivity index (χ0v) is 10.8. The Morgan fingerprint density at radius 2 is 1.86 bits per heavy atom. The number of hydrogen-bond donors (Lipinski definition) is 4. The average Bonchev–Trinajstić information content (AvgIpc) is 2.50. The number of nitrogens with zero attached hydrogens (tertiary/aromatic N) is 1. The van der Waals surface area contributed by atoms with Gasteiger partial charge in [-0.2, -0.15) is 0 Å². The van der Waals surface area contributed by atoms with Crippen molar-refractivity contribution >= 4 is 12.0 Å². The van der Waals surface area contributed by atoms with Gasteiger partial charge in [0.15, 0.2) is 18.1 Å². The SMILES string of the molecule is O=C[C@H](Oc1ccccc1[N+](=O)[O-])[C@@H](O)[C@H](O)[C@H](O)CO. The van der Waals surface area contributed by atoms with Gasteiger partial charge in [-0.15, -0.1) is 0 Å². The Labute approximate surface area is 119 Å². The number of nitro benzene ring substituents is 1. The Hall–Kier alpha value is -2.07. The number of aldehydes is 1. The van der Waals surface area contributed by atoms with E-state index in [1.165, 1.54) is 18.2 Å². The lowest BCUT2D eigenvalue weighted by molar-refractivity contribution is -0.386. The quantitative estimate of drug-likeness (QED) is 0.260. The lowest BCUT2D eigenvalue weighted by atomic mass is 10.0. The molecule has 0 saturated heterocycles. The maximum atomic E-state index is 10.9. The van der Waals surface area contributed by atoms with Crippen molar-refractivity contribution in [3.05, 3.63) is 34.4 Å². The summed E-state index contributed by atoms with van der Waals surface area (Å²) in [5, 5.41) is 47.9. The number of rotatable bonds is 8. The minimum atomic E-state index is -1.87. The third-order valence-electron chi connectivity index (χ3n) is 2.73. The number of nitro groups is 1. The molecular weight excluding hydrogens is 286 g/mol. The minimum Gasteiger partial charge on any atom is -0.473 e. The number of ether oxygens (including phenoxy) is 1. The average molecular weight is 301 g/mol. The zero-order chi connectivity index (χ0) is 16.0. The van der Waals surface area contributed by atoms with Crippen LogP contribution in [-0.2, 0) is 4.79 Å². The largest absolute Gasteiger partial charge is 0.473 e. The highest BCUT2D eigenvalue weighted by atomic mass is 16.6. The van der Waals surface area contributed by atoms with Gasteiger partial charge in [0.1, 0.15) is 18.3 Å². The summed E-state index contributed by atoms with van der Waals surface area (Å²) in [4.78, 5) is 21.0. The summed E-state index contributed by atoms with van der Waals surface area (Å²) in [6, 6.07) is 5.18. The van der Waals surface area contributed by atoms with Crippen molar-refractivity contribution in [2.75, 3.05) is 6.61 Å². The molecule has 4 N–H and O–H groups in total. The first-order valence-electron chi connectivity index (χ1n) is 5.92. The fourth-order valence-electron chi connectivity index (χ4n) is 1.56. The van der Waals surface area contributed by atoms with Crippen LogP contribution in [0.2, 0.25) is 0 Å². The fraction of sp³-hybridized carbons (Fsp3) is 0.417. The second-order valence-electron chi connectivity index (χ2n) is 4.17. The molecule has 9 nitrogen and oxygen atoms in total. The second-order valence-corrected chi connectivity index (χ2v) is 4.17. The van der Waals surface area contributed by atoms with Gasteiger partial charge in [-0.25, -0.2) is 0 Å². The van der Waals surface area contributed by atoms with Crippen molar-refractivity contribution in [1.29, 1.82) is 0 Å². The number of hydrogen-bond acceptors (Lipinski definition) is 8. The van der Waals surface area contributed by atoms with E-state index in [2.05, 4.69) is 0 Å². The van der Waals surface area contributed by atoms with Crippen LogP contribution in [0.4, 0.5) is 5.69 Å². The minimum absolute atomic E-state index is 0.134. The van der Waals surface area contributed by atoms with Crippen molar-refractivity contribution in [3.8, 4) is 5.75 Å². The van der Waals surface area contributed by atoms with E-state index in [1.54, 1.807) is 0 Å². The molecule has 0 radical (unpaired) electrons. The Morgan fingerprint density at radius 1 is 1.24 bits per heavy atom. The number of carbonyl (C=O) groups excluding carboxylic acids is 1. The van der Waals surface area contributed by atoms with E-state index in [-0.39, 0.29) is 12.0 Å². The van der Waals surface area contributed by atoms with Crippen molar-refractivity contribution < 1.29 is 34.9 Å². The van der Waals surface area contributed by atoms with Gasteiger partial charge in [0.25, 0.3) is 0 Å². The summed E-state index contributed by atoms with van der Waals surface area (Å²) in [6.45, 7) is -0.838. The van der Waals surface area contributed by atoms with Crippen LogP contribution in [0.25, 0.3) is 0 Å². The predicted octanol–water partition coefficient (Wildman–Crippen LogP) is -1.38. The maximum Gasteiger partial charge on any atom is 0.310 e. The third-order valence-corrected chi connectivity index (χ3v) is 2.73. The summed E-state index contributed by atoms with van der Waals surface area (Å²) in [6.07, 6.45) is -6.93. The molecule has 116 valence electrons. The molecule has 21 heavy (non-hydrogen) atoms. The molecule has 0 unspecified atom stereocenters. The van der Waals surface area contributed by atoms with E-state index in [0.29, 0.717) is 0 Å². The zero-order valence-electron chi connectivity index (χ0n) is 10.8. The molecule has 0 aliphatic rings. The molecule has 0 saturated carbocycles. The first-order valence-corrected chi connectivity index (χ1v) is 5.92. The molecule has 0 aromatic heterocycles. The Balaban J connectivity index is 2.93. The van der Waals surface area contributed by atoms with Gasteiger partial charge in [-0.1, -0.05) is 12.1 Å². The smallest absolute Gasteiger partial charge is 0.310 e. The molecule has 0 amide bonds. The highest BCUT2D eigenvalue weighted by Crippen LogP contribution is 2.27. The van der Waals surface area contributed by atoms with Crippen LogP contribution in [0.15, 0.2) is 24.3 Å². The first kappa shape index (κ1) is 17.0. The highest BCUT2D eigenvalue weighted by Gasteiger charge is 2.33. The monoisotopic (exact) mass is 301 g/mol. The Bertz CT molecular complexity index is 494. The van der Waals surface area contributed by atoms with Gasteiger partial charge in [0, 0.05) is 6.07 Å². The maximum absolute atomic E-state index is 10.9. The Morgan fingerprint density at radius 3 is 2.38 bits per heavy atom. The van der Waals surface area contributed by atoms with E-state index in [0.717, 1.165) is 6.07 Å². The number of aliphatic hydroxyl groups excluding tert-OH is 4. The second kappa shape index (κ2) is 7.64. The molecule has 1 rings (SSSR count). The van der Waals surface area contributed by atoms with Gasteiger partial charge >= 0.3 is 5.69 Å². The van der Waals surface area contributed by atoms with E-state index in [9.17, 15) is 30.2 Å². The van der Waals surface area contributed by atoms with Gasteiger partial charge in [-0.05, 0) is 6.07 Å². The topological polar surface area (TPSA) is 150 Å². The van der Waals surface area contributed by atoms with Gasteiger partial charge in [0.2, 0.25) is 0 Å². The van der Waals surface area contributed by atoms with Crippen LogP contribution in [0.3, 0.4) is 0 Å². The Kier molecular flexibility index (Phi) is 6.18. The van der Waals surface area contributed by atoms with Gasteiger partial charge in [-0.3, -0.25) is 14.9 Å². The molecule has 0 bridgehead atoms. The number of benzene rings is 1. The van der Waals surface area contributed by atoms with Crippen LogP contribution in [-0.4, -0.2) is 62.7 Å². The molecule has 0 heterocycles. The highest BCUT2D eigenvalue weighted by molar-refractivity contribution is 5.59. The summed E-state index contributed by atoms with van der Waals surface area (Å²) >= 11 is 0. The van der Waals surface area contributed by atoms with Crippen LogP contribution in [0, 0.1) is 10.1 Å². The standard InChI is InChI=1S/C12H15NO8/c14-5-8(16)11(17)12(18)10(6-15)21-9-4-2-1-3-7(9)13(19)20/h1-4,6,8,10-12,14,16-18H,5H2/t8-,10+,11-,12-/m1/s1. The number of aliphatic hydroxyl groups is 4. The molecule has 0 aliphatic carbocycles. The van der Waals surface area contributed by atoms with E-state index < -0.39 is 41.6 Å². The first-order chi connectivity index (χ1) is 9.92. The van der Waals surface area contributed by atoms with Gasteiger partial charge in [0.05, 0.1) is 11.5 Å². The molecule has 0 aliphatic heterocycles. The van der Waals surface area contributed by atoms with Crippen molar-refractivity contribution in [1.82, 2.24) is 0 Å². The number of carbonyl (C=O) groups is 1. The molecule has 9 heteroatoms. The van der Waals surface area contributed by atoms with Crippen LogP contribution < -0.4 is 4.74 Å². The summed E-state index contributed by atoms with van der Waals surface area (Å²) in [7, 11) is 0. The number of para-hydroxylation sites is 2. The fourth-order valence-corrected chi connectivity index (χ4v) is 1.56. The van der Waals surface area contributed by atoms with Crippen LogP contribution in [0.1, 0.15) is 0 Å². The van der Waals surface area contributed by atoms with Crippen LogP contribution >= 0.6 is 0 Å². The van der Waals surface area contributed by atoms with Crippen molar-refractivity contribution in [3.63, 3.8) is 0 Å². The van der Waals surface area contributed by atoms with Gasteiger partial charge < -0.3 is 25.2 Å². The molecule has 4 atom stereocenters. The molecule has 0 fully saturated rings.